The van der Waals surface area contributed by atoms with Gasteiger partial charge >= 0.3 is 0 Å². The molecule has 0 bridgehead atoms. The molecule has 0 aromatic rings. The third-order valence-electron chi connectivity index (χ3n) is 4.43. The topological polar surface area (TPSA) is 178 Å². The first kappa shape index (κ1) is 28.6. The summed E-state index contributed by atoms with van der Waals surface area (Å²) in [5.74, 6) is 0. The molecule has 4 atom stereocenters. The average Bonchev–Trinajstić information content (AvgIpc) is 2.65. The number of aliphatic hydroxyl groups excluding tert-OH is 4. The standard InChI is InChI=1S/C19H45N5O5/c20-16(25)7-1-4-11-22-15-29-14-10-19(28)24-13-6-3-9-18(27)23-12-5-2-8-17(21)26/h16-19,22-28H,1-15,20-21H2. The summed E-state index contributed by atoms with van der Waals surface area (Å²) in [6.07, 6.45) is 5.01. The van der Waals surface area contributed by atoms with Gasteiger partial charge in [0.05, 0.1) is 13.3 Å². The lowest BCUT2D eigenvalue weighted by Gasteiger charge is -2.15. The maximum atomic E-state index is 9.85. The average molecular weight is 424 g/mol. The number of rotatable bonds is 22. The number of aliphatic hydroxyl groups is 4. The van der Waals surface area contributed by atoms with Crippen molar-refractivity contribution in [3.63, 3.8) is 0 Å². The number of unbranched alkanes of at least 4 members (excludes halogenated alkanes) is 3. The molecule has 0 saturated heterocycles. The highest BCUT2D eigenvalue weighted by Gasteiger charge is 2.05. The van der Waals surface area contributed by atoms with E-state index in [1.165, 1.54) is 0 Å². The van der Waals surface area contributed by atoms with Crippen molar-refractivity contribution in [3.05, 3.63) is 0 Å². The van der Waals surface area contributed by atoms with Gasteiger partial charge in [0.1, 0.15) is 24.9 Å². The zero-order valence-electron chi connectivity index (χ0n) is 17.8. The zero-order valence-corrected chi connectivity index (χ0v) is 17.8. The van der Waals surface area contributed by atoms with Gasteiger partial charge in [0.25, 0.3) is 0 Å². The number of ether oxygens (including phenoxy) is 1. The van der Waals surface area contributed by atoms with Crippen molar-refractivity contribution in [2.45, 2.75) is 89.1 Å². The summed E-state index contributed by atoms with van der Waals surface area (Å²) < 4.78 is 5.41. The minimum absolute atomic E-state index is 0.440. The lowest BCUT2D eigenvalue weighted by atomic mass is 10.2. The summed E-state index contributed by atoms with van der Waals surface area (Å²) in [6, 6.07) is 0. The SMILES string of the molecule is NC(O)CCCCNCOCCC(O)NCCCCC(O)NCCCCC(N)O. The predicted molar refractivity (Wildman–Crippen MR) is 113 cm³/mol. The van der Waals surface area contributed by atoms with Crippen LogP contribution < -0.4 is 27.4 Å². The molecule has 11 N–H and O–H groups in total. The van der Waals surface area contributed by atoms with E-state index in [9.17, 15) is 10.2 Å². The third-order valence-corrected chi connectivity index (χ3v) is 4.43. The second kappa shape index (κ2) is 20.9. The normalized spacial score (nSPS) is 15.9. The van der Waals surface area contributed by atoms with Gasteiger partial charge in [-0.1, -0.05) is 0 Å². The highest BCUT2D eigenvalue weighted by Crippen LogP contribution is 2.01. The molecule has 0 rings (SSSR count). The second-order valence-electron chi connectivity index (χ2n) is 7.40. The maximum absolute atomic E-state index is 9.85. The summed E-state index contributed by atoms with van der Waals surface area (Å²) in [7, 11) is 0. The smallest absolute Gasteiger partial charge is 0.107 e. The molecule has 10 heteroatoms. The molecule has 0 amide bonds. The van der Waals surface area contributed by atoms with Crippen LogP contribution >= 0.6 is 0 Å². The Morgan fingerprint density at radius 3 is 1.66 bits per heavy atom. The Balaban J connectivity index is 3.30. The minimum Gasteiger partial charge on any atom is -0.379 e. The molecule has 29 heavy (non-hydrogen) atoms. The lowest BCUT2D eigenvalue weighted by Crippen LogP contribution is -2.32. The summed E-state index contributed by atoms with van der Waals surface area (Å²) in [6.45, 7) is 3.11. The van der Waals surface area contributed by atoms with Crippen molar-refractivity contribution in [2.75, 3.05) is 33.0 Å². The van der Waals surface area contributed by atoms with Gasteiger partial charge in [0, 0.05) is 6.42 Å². The van der Waals surface area contributed by atoms with Gasteiger partial charge in [-0.3, -0.25) is 16.0 Å². The highest BCUT2D eigenvalue weighted by atomic mass is 16.5. The van der Waals surface area contributed by atoms with Crippen LogP contribution in [0, 0.1) is 0 Å². The number of hydrogen-bond acceptors (Lipinski definition) is 10. The highest BCUT2D eigenvalue weighted by molar-refractivity contribution is 4.58. The van der Waals surface area contributed by atoms with E-state index in [2.05, 4.69) is 16.0 Å². The number of nitrogens with one attached hydrogen (secondary N) is 3. The fourth-order valence-electron chi connectivity index (χ4n) is 2.70. The Bertz CT molecular complexity index is 340. The Kier molecular flexibility index (Phi) is 20.6. The van der Waals surface area contributed by atoms with Crippen LogP contribution in [0.2, 0.25) is 0 Å². The van der Waals surface area contributed by atoms with Crippen molar-refractivity contribution in [2.24, 2.45) is 11.5 Å². The van der Waals surface area contributed by atoms with Crippen LogP contribution in [0.25, 0.3) is 0 Å². The lowest BCUT2D eigenvalue weighted by molar-refractivity contribution is 0.0579. The van der Waals surface area contributed by atoms with E-state index in [0.717, 1.165) is 45.1 Å². The van der Waals surface area contributed by atoms with Crippen molar-refractivity contribution < 1.29 is 25.2 Å². The van der Waals surface area contributed by atoms with Gasteiger partial charge in [-0.05, 0) is 77.4 Å². The molecular formula is C19H45N5O5. The van der Waals surface area contributed by atoms with E-state index >= 15 is 0 Å². The van der Waals surface area contributed by atoms with Crippen LogP contribution in [0.1, 0.15) is 64.2 Å². The van der Waals surface area contributed by atoms with Gasteiger partial charge in [0.2, 0.25) is 0 Å². The van der Waals surface area contributed by atoms with Crippen LogP contribution in [-0.2, 0) is 4.74 Å². The third kappa shape index (κ3) is 23.7. The Morgan fingerprint density at radius 1 is 0.621 bits per heavy atom. The van der Waals surface area contributed by atoms with Crippen molar-refractivity contribution in [3.8, 4) is 0 Å². The fourth-order valence-corrected chi connectivity index (χ4v) is 2.70. The fraction of sp³-hybridized carbons (Fsp3) is 1.00. The van der Waals surface area contributed by atoms with Crippen LogP contribution in [0.5, 0.6) is 0 Å². The Morgan fingerprint density at radius 2 is 1.10 bits per heavy atom. The van der Waals surface area contributed by atoms with Crippen molar-refractivity contribution in [1.29, 1.82) is 0 Å². The van der Waals surface area contributed by atoms with Gasteiger partial charge in [-0.2, -0.15) is 0 Å². The molecule has 0 fully saturated rings. The van der Waals surface area contributed by atoms with Gasteiger partial charge in [0.15, 0.2) is 0 Å². The van der Waals surface area contributed by atoms with Gasteiger partial charge in [-0.25, -0.2) is 0 Å². The molecule has 0 saturated carbocycles. The molecule has 0 radical (unpaired) electrons. The van der Waals surface area contributed by atoms with Gasteiger partial charge in [-0.15, -0.1) is 0 Å². The second-order valence-corrected chi connectivity index (χ2v) is 7.40. The Hall–Kier alpha value is -0.400. The quantitative estimate of drug-likeness (QED) is 0.0760. The first-order chi connectivity index (χ1) is 13.9. The molecule has 0 aliphatic rings. The molecule has 0 aliphatic heterocycles. The Labute approximate surface area is 175 Å². The van der Waals surface area contributed by atoms with Gasteiger partial charge < -0.3 is 36.6 Å². The molecule has 176 valence electrons. The zero-order chi connectivity index (χ0) is 21.7. The molecular weight excluding hydrogens is 378 g/mol. The number of hydrogen-bond donors (Lipinski definition) is 9. The molecule has 4 unspecified atom stereocenters. The molecule has 0 heterocycles. The van der Waals surface area contributed by atoms with E-state index in [0.29, 0.717) is 52.1 Å². The first-order valence-corrected chi connectivity index (χ1v) is 10.9. The number of nitrogens with two attached hydrogens (primary N) is 2. The van der Waals surface area contributed by atoms with Crippen LogP contribution in [-0.4, -0.2) is 78.3 Å². The van der Waals surface area contributed by atoms with Crippen LogP contribution in [0.15, 0.2) is 0 Å². The predicted octanol–water partition coefficient (Wildman–Crippen LogP) is -1.18. The first-order valence-electron chi connectivity index (χ1n) is 10.9. The van der Waals surface area contributed by atoms with Crippen molar-refractivity contribution in [1.82, 2.24) is 16.0 Å². The minimum atomic E-state index is -0.751. The molecule has 0 spiro atoms. The molecule has 0 aliphatic carbocycles. The molecule has 0 aromatic heterocycles. The molecule has 0 aromatic carbocycles. The van der Waals surface area contributed by atoms with E-state index in [1.807, 2.05) is 0 Å². The maximum Gasteiger partial charge on any atom is 0.107 e. The van der Waals surface area contributed by atoms with Crippen LogP contribution in [0.4, 0.5) is 0 Å². The van der Waals surface area contributed by atoms with E-state index in [1.54, 1.807) is 0 Å². The monoisotopic (exact) mass is 423 g/mol. The van der Waals surface area contributed by atoms with E-state index in [-0.39, 0.29) is 0 Å². The summed E-state index contributed by atoms with van der Waals surface area (Å²) >= 11 is 0. The largest absolute Gasteiger partial charge is 0.379 e. The van der Waals surface area contributed by atoms with E-state index in [4.69, 9.17) is 26.4 Å². The summed E-state index contributed by atoms with van der Waals surface area (Å²) in [5.41, 5.74) is 10.5. The molecule has 10 nitrogen and oxygen atoms in total. The van der Waals surface area contributed by atoms with Crippen LogP contribution in [0.3, 0.4) is 0 Å². The van der Waals surface area contributed by atoms with E-state index < -0.39 is 24.9 Å². The summed E-state index contributed by atoms with van der Waals surface area (Å²) in [4.78, 5) is 0. The summed E-state index contributed by atoms with van der Waals surface area (Å²) in [5, 5.41) is 46.8. The van der Waals surface area contributed by atoms with Crippen molar-refractivity contribution >= 4 is 0 Å².